The molecule has 1 nitrogen and oxygen atoms in total. The van der Waals surface area contributed by atoms with Crippen LogP contribution in [0.3, 0.4) is 0 Å². The topological polar surface area (TPSA) is 20.2 Å². The summed E-state index contributed by atoms with van der Waals surface area (Å²) in [4.78, 5) is 0. The zero-order valence-corrected chi connectivity index (χ0v) is 9.81. The molecule has 0 amide bonds. The Hall–Kier alpha value is 0.390. The van der Waals surface area contributed by atoms with Crippen molar-refractivity contribution in [1.29, 1.82) is 0 Å². The van der Waals surface area contributed by atoms with Gasteiger partial charge in [0.15, 0.2) is 0 Å². The molecular formula is C8H8BrIO. The Bertz CT molecular complexity index is 273. The van der Waals surface area contributed by atoms with Gasteiger partial charge >= 0.3 is 0 Å². The molecule has 0 atom stereocenters. The Morgan fingerprint density at radius 3 is 2.73 bits per heavy atom. The van der Waals surface area contributed by atoms with Gasteiger partial charge in [0.1, 0.15) is 0 Å². The summed E-state index contributed by atoms with van der Waals surface area (Å²) in [5, 5.41) is 8.94. The van der Waals surface area contributed by atoms with Gasteiger partial charge in [-0.25, -0.2) is 0 Å². The summed E-state index contributed by atoms with van der Waals surface area (Å²) >= 11 is 5.63. The average molecular weight is 327 g/mol. The summed E-state index contributed by atoms with van der Waals surface area (Å²) in [5.41, 5.74) is 2.15. The number of aliphatic hydroxyl groups excluding tert-OH is 1. The van der Waals surface area contributed by atoms with Crippen molar-refractivity contribution in [3.8, 4) is 0 Å². The summed E-state index contributed by atoms with van der Waals surface area (Å²) < 4.78 is 2.21. The summed E-state index contributed by atoms with van der Waals surface area (Å²) in [7, 11) is 0. The van der Waals surface area contributed by atoms with Crippen molar-refractivity contribution in [2.45, 2.75) is 13.5 Å². The highest BCUT2D eigenvalue weighted by Gasteiger charge is 2.02. The summed E-state index contributed by atoms with van der Waals surface area (Å²) in [6.45, 7) is 2.13. The zero-order valence-electron chi connectivity index (χ0n) is 6.06. The van der Waals surface area contributed by atoms with Crippen molar-refractivity contribution >= 4 is 38.5 Å². The maximum absolute atomic E-state index is 8.94. The lowest BCUT2D eigenvalue weighted by atomic mass is 10.1. The van der Waals surface area contributed by atoms with Gasteiger partial charge in [-0.3, -0.25) is 0 Å². The van der Waals surface area contributed by atoms with E-state index in [4.69, 9.17) is 5.11 Å². The first-order valence-electron chi connectivity index (χ1n) is 3.20. The third kappa shape index (κ3) is 2.16. The Balaban J connectivity index is 3.24. The molecule has 0 unspecified atom stereocenters. The number of benzene rings is 1. The fourth-order valence-corrected chi connectivity index (χ4v) is 2.48. The van der Waals surface area contributed by atoms with E-state index in [0.29, 0.717) is 0 Å². The molecule has 0 spiro atoms. The first kappa shape index (κ1) is 9.48. The van der Waals surface area contributed by atoms with E-state index in [1.807, 2.05) is 19.1 Å². The SMILES string of the molecule is Cc1c(I)cc(Br)cc1CO. The van der Waals surface area contributed by atoms with Crippen LogP contribution in [0.15, 0.2) is 16.6 Å². The quantitative estimate of drug-likeness (QED) is 0.787. The van der Waals surface area contributed by atoms with Crippen molar-refractivity contribution in [3.05, 3.63) is 31.3 Å². The standard InChI is InChI=1S/C8H8BrIO/c1-5-6(4-11)2-7(9)3-8(5)10/h2-3,11H,4H2,1H3. The second-order valence-electron chi connectivity index (χ2n) is 2.33. The predicted molar refractivity (Wildman–Crippen MR) is 57.5 cm³/mol. The molecule has 0 aromatic heterocycles. The van der Waals surface area contributed by atoms with Crippen LogP contribution in [0.4, 0.5) is 0 Å². The van der Waals surface area contributed by atoms with Gasteiger partial charge in [-0.1, -0.05) is 15.9 Å². The molecule has 0 radical (unpaired) electrons. The molecule has 0 aliphatic heterocycles. The minimum absolute atomic E-state index is 0.112. The van der Waals surface area contributed by atoms with Crippen LogP contribution in [0.1, 0.15) is 11.1 Å². The molecule has 60 valence electrons. The summed E-state index contributed by atoms with van der Waals surface area (Å²) in [5.74, 6) is 0. The monoisotopic (exact) mass is 326 g/mol. The van der Waals surface area contributed by atoms with E-state index in [0.717, 1.165) is 15.6 Å². The fraction of sp³-hybridized carbons (Fsp3) is 0.250. The maximum atomic E-state index is 8.94. The van der Waals surface area contributed by atoms with E-state index in [-0.39, 0.29) is 6.61 Å². The van der Waals surface area contributed by atoms with E-state index in [1.165, 1.54) is 3.57 Å². The highest BCUT2D eigenvalue weighted by molar-refractivity contribution is 14.1. The molecule has 0 saturated heterocycles. The van der Waals surface area contributed by atoms with Crippen molar-refractivity contribution in [1.82, 2.24) is 0 Å². The van der Waals surface area contributed by atoms with Crippen LogP contribution < -0.4 is 0 Å². The second kappa shape index (κ2) is 3.87. The number of hydrogen-bond acceptors (Lipinski definition) is 1. The molecule has 0 bridgehead atoms. The third-order valence-corrected chi connectivity index (χ3v) is 3.17. The lowest BCUT2D eigenvalue weighted by molar-refractivity contribution is 0.281. The van der Waals surface area contributed by atoms with E-state index in [1.54, 1.807) is 0 Å². The summed E-state index contributed by atoms with van der Waals surface area (Å²) in [6.07, 6.45) is 0. The van der Waals surface area contributed by atoms with Gasteiger partial charge in [-0.15, -0.1) is 0 Å². The average Bonchev–Trinajstić information content (AvgIpc) is 1.96. The summed E-state index contributed by atoms with van der Waals surface area (Å²) in [6, 6.07) is 3.98. The molecule has 11 heavy (non-hydrogen) atoms. The van der Waals surface area contributed by atoms with Crippen LogP contribution in [0.2, 0.25) is 0 Å². The normalized spacial score (nSPS) is 10.2. The molecule has 0 aliphatic rings. The molecule has 3 heteroatoms. The van der Waals surface area contributed by atoms with Crippen LogP contribution in [-0.2, 0) is 6.61 Å². The molecule has 1 aromatic rings. The number of halogens is 2. The van der Waals surface area contributed by atoms with Gasteiger partial charge in [0.2, 0.25) is 0 Å². The Kier molecular flexibility index (Phi) is 3.33. The Labute approximate surface area is 88.1 Å². The number of aliphatic hydroxyl groups is 1. The van der Waals surface area contributed by atoms with Gasteiger partial charge in [0.05, 0.1) is 6.61 Å². The van der Waals surface area contributed by atoms with Crippen LogP contribution in [-0.4, -0.2) is 5.11 Å². The van der Waals surface area contributed by atoms with Gasteiger partial charge < -0.3 is 5.11 Å². The van der Waals surface area contributed by atoms with Crippen LogP contribution in [0.25, 0.3) is 0 Å². The van der Waals surface area contributed by atoms with Crippen LogP contribution >= 0.6 is 38.5 Å². The van der Waals surface area contributed by atoms with E-state index < -0.39 is 0 Å². The minimum Gasteiger partial charge on any atom is -0.392 e. The van der Waals surface area contributed by atoms with Crippen molar-refractivity contribution in [2.75, 3.05) is 0 Å². The third-order valence-electron chi connectivity index (χ3n) is 1.59. The first-order chi connectivity index (χ1) is 5.15. The lowest BCUT2D eigenvalue weighted by Gasteiger charge is -2.04. The smallest absolute Gasteiger partial charge is 0.0685 e. The second-order valence-corrected chi connectivity index (χ2v) is 4.41. The highest BCUT2D eigenvalue weighted by Crippen LogP contribution is 2.22. The first-order valence-corrected chi connectivity index (χ1v) is 5.07. The lowest BCUT2D eigenvalue weighted by Crippen LogP contribution is -1.91. The number of rotatable bonds is 1. The van der Waals surface area contributed by atoms with Crippen molar-refractivity contribution < 1.29 is 5.11 Å². The van der Waals surface area contributed by atoms with Gasteiger partial charge in [0.25, 0.3) is 0 Å². The highest BCUT2D eigenvalue weighted by atomic mass is 127. The van der Waals surface area contributed by atoms with E-state index >= 15 is 0 Å². The van der Waals surface area contributed by atoms with E-state index in [2.05, 4.69) is 38.5 Å². The van der Waals surface area contributed by atoms with Gasteiger partial charge in [0, 0.05) is 8.04 Å². The molecule has 0 saturated carbocycles. The Morgan fingerprint density at radius 1 is 1.55 bits per heavy atom. The fourth-order valence-electron chi connectivity index (χ4n) is 0.863. The molecule has 1 N–H and O–H groups in total. The van der Waals surface area contributed by atoms with Crippen molar-refractivity contribution in [2.24, 2.45) is 0 Å². The molecule has 1 rings (SSSR count). The van der Waals surface area contributed by atoms with Crippen LogP contribution in [0, 0.1) is 10.5 Å². The molecular weight excluding hydrogens is 319 g/mol. The number of hydrogen-bond donors (Lipinski definition) is 1. The molecule has 0 aliphatic carbocycles. The van der Waals surface area contributed by atoms with Gasteiger partial charge in [-0.2, -0.15) is 0 Å². The maximum Gasteiger partial charge on any atom is 0.0685 e. The van der Waals surface area contributed by atoms with Gasteiger partial charge in [-0.05, 0) is 52.8 Å². The predicted octanol–water partition coefficient (Wildman–Crippen LogP) is 2.85. The molecule has 1 aromatic carbocycles. The Morgan fingerprint density at radius 2 is 2.18 bits per heavy atom. The van der Waals surface area contributed by atoms with E-state index in [9.17, 15) is 0 Å². The van der Waals surface area contributed by atoms with Crippen molar-refractivity contribution in [3.63, 3.8) is 0 Å². The largest absolute Gasteiger partial charge is 0.392 e. The molecule has 0 fully saturated rings. The zero-order chi connectivity index (χ0) is 8.43. The van der Waals surface area contributed by atoms with Crippen LogP contribution in [0.5, 0.6) is 0 Å². The molecule has 0 heterocycles. The minimum atomic E-state index is 0.112.